The van der Waals surface area contributed by atoms with E-state index in [1.54, 1.807) is 13.8 Å². The fourth-order valence-electron chi connectivity index (χ4n) is 1.79. The van der Waals surface area contributed by atoms with Gasteiger partial charge in [0.2, 0.25) is 10.0 Å². The van der Waals surface area contributed by atoms with E-state index >= 15 is 0 Å². The van der Waals surface area contributed by atoms with Crippen molar-refractivity contribution in [2.75, 3.05) is 13.1 Å². The van der Waals surface area contributed by atoms with Crippen LogP contribution in [-0.2, 0) is 21.4 Å². The summed E-state index contributed by atoms with van der Waals surface area (Å²) >= 11 is 0. The van der Waals surface area contributed by atoms with Gasteiger partial charge < -0.3 is 14.8 Å². The quantitative estimate of drug-likeness (QED) is 0.748. The summed E-state index contributed by atoms with van der Waals surface area (Å²) in [5.41, 5.74) is -0.377. The predicted molar refractivity (Wildman–Crippen MR) is 69.1 cm³/mol. The SMILES string of the molecule is CCN(CC)S(=O)(=O)c1cc(C(=O)O)n(CC(=O)O)c1. The third kappa shape index (κ3) is 3.17. The minimum absolute atomic E-state index is 0.222. The summed E-state index contributed by atoms with van der Waals surface area (Å²) < 4.78 is 26.5. The Bertz CT molecular complexity index is 615. The Morgan fingerprint density at radius 1 is 1.25 bits per heavy atom. The summed E-state index contributed by atoms with van der Waals surface area (Å²) in [6, 6.07) is 0.971. The molecule has 0 aliphatic carbocycles. The Morgan fingerprint density at radius 2 is 1.80 bits per heavy atom. The van der Waals surface area contributed by atoms with Crippen molar-refractivity contribution >= 4 is 22.0 Å². The Balaban J connectivity index is 3.34. The molecule has 112 valence electrons. The second kappa shape index (κ2) is 6.06. The van der Waals surface area contributed by atoms with Crippen LogP contribution in [0.3, 0.4) is 0 Å². The Hall–Kier alpha value is -1.87. The second-order valence-corrected chi connectivity index (χ2v) is 5.92. The molecule has 8 nitrogen and oxygen atoms in total. The van der Waals surface area contributed by atoms with Gasteiger partial charge in [-0.2, -0.15) is 4.31 Å². The maximum atomic E-state index is 12.2. The van der Waals surface area contributed by atoms with Crippen LogP contribution in [0.4, 0.5) is 0 Å². The summed E-state index contributed by atoms with van der Waals surface area (Å²) in [7, 11) is -3.82. The van der Waals surface area contributed by atoms with E-state index in [0.29, 0.717) is 0 Å². The highest BCUT2D eigenvalue weighted by atomic mass is 32.2. The number of sulfonamides is 1. The largest absolute Gasteiger partial charge is 0.480 e. The minimum atomic E-state index is -3.82. The fourth-order valence-corrected chi connectivity index (χ4v) is 3.29. The van der Waals surface area contributed by atoms with Gasteiger partial charge in [0.15, 0.2) is 0 Å². The van der Waals surface area contributed by atoms with Crippen LogP contribution >= 0.6 is 0 Å². The molecule has 0 unspecified atom stereocenters. The number of carboxylic acids is 2. The van der Waals surface area contributed by atoms with E-state index in [-0.39, 0.29) is 23.7 Å². The lowest BCUT2D eigenvalue weighted by Crippen LogP contribution is -2.30. The Labute approximate surface area is 116 Å². The average Bonchev–Trinajstić information content (AvgIpc) is 2.74. The minimum Gasteiger partial charge on any atom is -0.480 e. The first kappa shape index (κ1) is 16.2. The molecule has 0 saturated carbocycles. The van der Waals surface area contributed by atoms with Crippen LogP contribution in [0.1, 0.15) is 24.3 Å². The lowest BCUT2D eigenvalue weighted by atomic mass is 10.4. The van der Waals surface area contributed by atoms with Gasteiger partial charge in [0.05, 0.1) is 0 Å². The van der Waals surface area contributed by atoms with Crippen LogP contribution in [0, 0.1) is 0 Å². The van der Waals surface area contributed by atoms with E-state index in [1.807, 2.05) is 0 Å². The van der Waals surface area contributed by atoms with Gasteiger partial charge in [0, 0.05) is 19.3 Å². The smallest absolute Gasteiger partial charge is 0.352 e. The number of hydrogen-bond acceptors (Lipinski definition) is 4. The maximum Gasteiger partial charge on any atom is 0.352 e. The predicted octanol–water partition coefficient (Wildman–Crippen LogP) is 0.301. The molecule has 0 aliphatic heterocycles. The van der Waals surface area contributed by atoms with Gasteiger partial charge in [-0.05, 0) is 6.07 Å². The highest BCUT2D eigenvalue weighted by Gasteiger charge is 2.26. The molecule has 0 radical (unpaired) electrons. The van der Waals surface area contributed by atoms with Crippen molar-refractivity contribution < 1.29 is 28.2 Å². The number of carbonyl (C=O) groups is 2. The molecule has 0 saturated heterocycles. The van der Waals surface area contributed by atoms with Gasteiger partial charge in [-0.3, -0.25) is 4.79 Å². The van der Waals surface area contributed by atoms with Crippen LogP contribution < -0.4 is 0 Å². The van der Waals surface area contributed by atoms with Gasteiger partial charge in [-0.15, -0.1) is 0 Å². The standard InChI is InChI=1S/C11H16N2O6S/c1-3-13(4-2)20(18,19)8-5-9(11(16)17)12(6-8)7-10(14)15/h5-6H,3-4,7H2,1-2H3,(H,14,15)(H,16,17). The molecule has 1 aromatic heterocycles. The molecule has 0 atom stereocenters. The lowest BCUT2D eigenvalue weighted by molar-refractivity contribution is -0.137. The molecular weight excluding hydrogens is 288 g/mol. The fraction of sp³-hybridized carbons (Fsp3) is 0.455. The Kier molecular flexibility index (Phi) is 4.90. The number of rotatable bonds is 7. The number of aliphatic carboxylic acids is 1. The first-order valence-electron chi connectivity index (χ1n) is 5.89. The summed E-state index contributed by atoms with van der Waals surface area (Å²) in [4.78, 5) is 21.5. The number of aromatic carboxylic acids is 1. The molecule has 0 bridgehead atoms. The average molecular weight is 304 g/mol. The molecule has 0 spiro atoms. The van der Waals surface area contributed by atoms with Crippen molar-refractivity contribution in [3.05, 3.63) is 18.0 Å². The third-order valence-corrected chi connectivity index (χ3v) is 4.75. The second-order valence-electron chi connectivity index (χ2n) is 3.98. The van der Waals surface area contributed by atoms with E-state index in [2.05, 4.69) is 0 Å². The molecule has 0 fully saturated rings. The van der Waals surface area contributed by atoms with E-state index in [1.165, 1.54) is 4.31 Å². The van der Waals surface area contributed by atoms with Gasteiger partial charge in [0.25, 0.3) is 0 Å². The normalized spacial score (nSPS) is 11.8. The highest BCUT2D eigenvalue weighted by molar-refractivity contribution is 7.89. The molecule has 1 aromatic rings. The molecule has 0 amide bonds. The van der Waals surface area contributed by atoms with Gasteiger partial charge in [-0.1, -0.05) is 13.8 Å². The van der Waals surface area contributed by atoms with E-state index in [9.17, 15) is 18.0 Å². The maximum absolute atomic E-state index is 12.2. The molecule has 1 heterocycles. The van der Waals surface area contributed by atoms with Crippen LogP contribution in [0.2, 0.25) is 0 Å². The van der Waals surface area contributed by atoms with Crippen LogP contribution in [0.5, 0.6) is 0 Å². The number of carboxylic acid groups (broad SMARTS) is 2. The van der Waals surface area contributed by atoms with Crippen molar-refractivity contribution in [1.82, 2.24) is 8.87 Å². The topological polar surface area (TPSA) is 117 Å². The van der Waals surface area contributed by atoms with Crippen molar-refractivity contribution in [3.8, 4) is 0 Å². The zero-order chi connectivity index (χ0) is 15.5. The molecule has 20 heavy (non-hydrogen) atoms. The van der Waals surface area contributed by atoms with Crippen LogP contribution in [0.15, 0.2) is 17.2 Å². The van der Waals surface area contributed by atoms with Gasteiger partial charge in [-0.25, -0.2) is 13.2 Å². The Morgan fingerprint density at radius 3 is 2.20 bits per heavy atom. The molecular formula is C11H16N2O6S. The number of aromatic nitrogens is 1. The van der Waals surface area contributed by atoms with Crippen molar-refractivity contribution in [1.29, 1.82) is 0 Å². The van der Waals surface area contributed by atoms with Crippen molar-refractivity contribution in [2.24, 2.45) is 0 Å². The molecule has 0 aliphatic rings. The van der Waals surface area contributed by atoms with E-state index < -0.39 is 28.5 Å². The molecule has 2 N–H and O–H groups in total. The number of hydrogen-bond donors (Lipinski definition) is 2. The monoisotopic (exact) mass is 304 g/mol. The van der Waals surface area contributed by atoms with E-state index in [0.717, 1.165) is 16.8 Å². The van der Waals surface area contributed by atoms with E-state index in [4.69, 9.17) is 10.2 Å². The summed E-state index contributed by atoms with van der Waals surface area (Å²) in [6.45, 7) is 3.19. The van der Waals surface area contributed by atoms with Gasteiger partial charge >= 0.3 is 11.9 Å². The summed E-state index contributed by atoms with van der Waals surface area (Å²) in [6.07, 6.45) is 1.03. The third-order valence-electron chi connectivity index (χ3n) is 2.74. The van der Waals surface area contributed by atoms with Crippen molar-refractivity contribution in [3.63, 3.8) is 0 Å². The number of nitrogens with zero attached hydrogens (tertiary/aromatic N) is 2. The zero-order valence-electron chi connectivity index (χ0n) is 11.1. The van der Waals surface area contributed by atoms with Crippen LogP contribution in [-0.4, -0.2) is 52.5 Å². The first-order chi connectivity index (χ1) is 9.23. The molecule has 0 aromatic carbocycles. The zero-order valence-corrected chi connectivity index (χ0v) is 11.9. The van der Waals surface area contributed by atoms with Crippen molar-refractivity contribution in [2.45, 2.75) is 25.3 Å². The first-order valence-corrected chi connectivity index (χ1v) is 7.33. The lowest BCUT2D eigenvalue weighted by Gasteiger charge is -2.17. The van der Waals surface area contributed by atoms with Gasteiger partial charge in [0.1, 0.15) is 17.1 Å². The summed E-state index contributed by atoms with van der Waals surface area (Å²) in [5, 5.41) is 17.7. The highest BCUT2D eigenvalue weighted by Crippen LogP contribution is 2.19. The van der Waals surface area contributed by atoms with Crippen LogP contribution in [0.25, 0.3) is 0 Å². The molecule has 9 heteroatoms. The summed E-state index contributed by atoms with van der Waals surface area (Å²) in [5.74, 6) is -2.64. The molecule has 1 rings (SSSR count).